The minimum absolute atomic E-state index is 0.0119. The van der Waals surface area contributed by atoms with Crippen molar-refractivity contribution in [1.29, 1.82) is 5.26 Å². The molecule has 2 aromatic carbocycles. The van der Waals surface area contributed by atoms with Crippen molar-refractivity contribution < 1.29 is 27.2 Å². The molecule has 0 aliphatic rings. The summed E-state index contributed by atoms with van der Waals surface area (Å²) < 4.78 is 56.7. The van der Waals surface area contributed by atoms with Crippen molar-refractivity contribution in [2.24, 2.45) is 5.73 Å². The highest BCUT2D eigenvalue weighted by Crippen LogP contribution is 2.36. The predicted molar refractivity (Wildman–Crippen MR) is 120 cm³/mol. The summed E-state index contributed by atoms with van der Waals surface area (Å²) >= 11 is 0. The number of pyridine rings is 1. The number of benzene rings is 2. The third-order valence-electron chi connectivity index (χ3n) is 5.42. The average molecular weight is 496 g/mol. The van der Waals surface area contributed by atoms with E-state index in [1.54, 1.807) is 12.1 Å². The van der Waals surface area contributed by atoms with Crippen molar-refractivity contribution in [1.82, 2.24) is 14.8 Å². The van der Waals surface area contributed by atoms with Gasteiger partial charge in [0.05, 0.1) is 35.1 Å². The molecular weight excluding hydrogens is 480 g/mol. The van der Waals surface area contributed by atoms with Gasteiger partial charge in [-0.15, -0.1) is 0 Å². The molecule has 0 saturated heterocycles. The monoisotopic (exact) mass is 496 g/mol. The first-order valence-electron chi connectivity index (χ1n) is 10.3. The minimum Gasteiger partial charge on any atom is -0.366 e. The molecule has 0 aliphatic carbocycles. The van der Waals surface area contributed by atoms with E-state index in [4.69, 9.17) is 11.0 Å². The average Bonchev–Trinajstić information content (AvgIpc) is 3.14. The molecule has 8 nitrogen and oxygen atoms in total. The van der Waals surface area contributed by atoms with Crippen LogP contribution in [0.5, 0.6) is 0 Å². The Morgan fingerprint density at radius 3 is 2.47 bits per heavy atom. The van der Waals surface area contributed by atoms with E-state index in [1.807, 2.05) is 6.07 Å². The fraction of sp³-hybridized carbons (Fsp3) is 0.125. The molecule has 182 valence electrons. The Morgan fingerprint density at radius 1 is 1.17 bits per heavy atom. The fourth-order valence-corrected chi connectivity index (χ4v) is 3.62. The van der Waals surface area contributed by atoms with Crippen molar-refractivity contribution in [2.45, 2.75) is 19.6 Å². The van der Waals surface area contributed by atoms with Gasteiger partial charge in [0.25, 0.3) is 5.91 Å². The smallest absolute Gasteiger partial charge is 0.366 e. The second-order valence-corrected chi connectivity index (χ2v) is 7.78. The number of alkyl halides is 3. The van der Waals surface area contributed by atoms with E-state index in [1.165, 1.54) is 31.2 Å². The number of primary amides is 1. The number of carbonyl (C=O) groups is 2. The van der Waals surface area contributed by atoms with Crippen LogP contribution in [0, 0.1) is 24.1 Å². The van der Waals surface area contributed by atoms with Gasteiger partial charge >= 0.3 is 6.18 Å². The molecule has 0 fully saturated rings. The van der Waals surface area contributed by atoms with Crippen LogP contribution in [-0.4, -0.2) is 26.6 Å². The van der Waals surface area contributed by atoms with Crippen molar-refractivity contribution in [3.63, 3.8) is 0 Å². The molecule has 3 N–H and O–H groups in total. The molecule has 0 aliphatic heterocycles. The van der Waals surface area contributed by atoms with Crippen molar-refractivity contribution in [3.8, 4) is 6.07 Å². The fourth-order valence-electron chi connectivity index (χ4n) is 3.62. The van der Waals surface area contributed by atoms with Crippen molar-refractivity contribution >= 4 is 28.4 Å². The van der Waals surface area contributed by atoms with Gasteiger partial charge < -0.3 is 11.1 Å². The van der Waals surface area contributed by atoms with E-state index >= 15 is 0 Å². The molecular formula is C24H16F4N6O2. The van der Waals surface area contributed by atoms with Gasteiger partial charge in [0.1, 0.15) is 17.0 Å². The van der Waals surface area contributed by atoms with Gasteiger partial charge in [0.15, 0.2) is 5.69 Å². The molecule has 0 atom stereocenters. The van der Waals surface area contributed by atoms with Gasteiger partial charge in [-0.25, -0.2) is 9.37 Å². The van der Waals surface area contributed by atoms with E-state index in [-0.39, 0.29) is 28.7 Å². The number of aromatic nitrogens is 3. The Labute approximate surface area is 201 Å². The molecule has 0 spiro atoms. The summed E-state index contributed by atoms with van der Waals surface area (Å²) in [5.41, 5.74) is 3.29. The van der Waals surface area contributed by atoms with Crippen molar-refractivity contribution in [3.05, 3.63) is 88.1 Å². The SMILES string of the molecule is Cc1c(NC(=O)c2cc(C(N)=O)c3cccc(F)c3n2)c(C(F)(F)F)nn1Cc1ccc(C#N)cc1. The molecule has 2 heterocycles. The number of rotatable bonds is 5. The second-order valence-electron chi connectivity index (χ2n) is 7.78. The van der Waals surface area contributed by atoms with Crippen LogP contribution in [0.2, 0.25) is 0 Å². The lowest BCUT2D eigenvalue weighted by molar-refractivity contribution is -0.140. The maximum atomic E-state index is 14.3. The zero-order valence-corrected chi connectivity index (χ0v) is 18.5. The zero-order chi connectivity index (χ0) is 26.2. The normalized spacial score (nSPS) is 11.3. The maximum absolute atomic E-state index is 14.3. The van der Waals surface area contributed by atoms with Gasteiger partial charge in [-0.1, -0.05) is 24.3 Å². The highest BCUT2D eigenvalue weighted by atomic mass is 19.4. The summed E-state index contributed by atoms with van der Waals surface area (Å²) in [6.45, 7) is 1.27. The zero-order valence-electron chi connectivity index (χ0n) is 18.5. The molecule has 36 heavy (non-hydrogen) atoms. The third-order valence-corrected chi connectivity index (χ3v) is 5.42. The number of hydrogen-bond donors (Lipinski definition) is 2. The van der Waals surface area contributed by atoms with Gasteiger partial charge in [-0.2, -0.15) is 23.5 Å². The first-order chi connectivity index (χ1) is 17.0. The number of halogens is 4. The van der Waals surface area contributed by atoms with E-state index < -0.39 is 40.9 Å². The topological polar surface area (TPSA) is 127 Å². The number of fused-ring (bicyclic) bond motifs is 1. The number of anilines is 1. The molecule has 0 radical (unpaired) electrons. The first-order valence-corrected chi connectivity index (χ1v) is 10.3. The van der Waals surface area contributed by atoms with Crippen LogP contribution in [0.25, 0.3) is 10.9 Å². The van der Waals surface area contributed by atoms with Crippen LogP contribution < -0.4 is 11.1 Å². The number of hydrogen-bond acceptors (Lipinski definition) is 5. The first kappa shape index (κ1) is 24.3. The largest absolute Gasteiger partial charge is 0.437 e. The predicted octanol–water partition coefficient (Wildman–Crippen LogP) is 4.17. The Bertz CT molecular complexity index is 1550. The molecule has 2 amide bonds. The lowest BCUT2D eigenvalue weighted by atomic mass is 10.1. The molecule has 0 bridgehead atoms. The van der Waals surface area contributed by atoms with Crippen LogP contribution in [-0.2, 0) is 12.7 Å². The van der Waals surface area contributed by atoms with Crippen molar-refractivity contribution in [2.75, 3.05) is 5.32 Å². The Kier molecular flexibility index (Phi) is 6.15. The van der Waals surface area contributed by atoms with E-state index in [2.05, 4.69) is 15.4 Å². The number of nitrogens with one attached hydrogen (secondary N) is 1. The van der Waals surface area contributed by atoms with Crippen LogP contribution >= 0.6 is 0 Å². The van der Waals surface area contributed by atoms with E-state index in [0.717, 1.165) is 16.8 Å². The number of nitriles is 1. The Morgan fingerprint density at radius 2 is 1.86 bits per heavy atom. The second kappa shape index (κ2) is 9.10. The van der Waals surface area contributed by atoms with Gasteiger partial charge in [-0.3, -0.25) is 14.3 Å². The standard InChI is InChI=1S/C24H16F4N6O2/c1-12-19(21(24(26,27)28)33-34(12)11-14-7-5-13(10-29)6-8-14)32-23(36)18-9-16(22(30)35)15-3-2-4-17(25)20(15)31-18/h2-9H,11H2,1H3,(H2,30,35)(H,32,36). The minimum atomic E-state index is -4.91. The number of carbonyl (C=O) groups excluding carboxylic acids is 2. The van der Waals surface area contributed by atoms with Crippen LogP contribution in [0.15, 0.2) is 48.5 Å². The van der Waals surface area contributed by atoms with Crippen LogP contribution in [0.3, 0.4) is 0 Å². The van der Waals surface area contributed by atoms with Gasteiger partial charge in [-0.05, 0) is 36.8 Å². The summed E-state index contributed by atoms with van der Waals surface area (Å²) in [5.74, 6) is -2.93. The molecule has 12 heteroatoms. The third kappa shape index (κ3) is 4.58. The Hall–Kier alpha value is -4.79. The lowest BCUT2D eigenvalue weighted by Gasteiger charge is -2.11. The molecule has 0 unspecified atom stereocenters. The van der Waals surface area contributed by atoms with Crippen LogP contribution in [0.4, 0.5) is 23.2 Å². The summed E-state index contributed by atoms with van der Waals surface area (Å²) in [6.07, 6.45) is -4.91. The Balaban J connectivity index is 1.74. The highest BCUT2D eigenvalue weighted by molar-refractivity contribution is 6.10. The summed E-state index contributed by atoms with van der Waals surface area (Å²) in [7, 11) is 0. The summed E-state index contributed by atoms with van der Waals surface area (Å²) in [5, 5.41) is 14.8. The number of para-hydroxylation sites is 1. The number of amides is 2. The summed E-state index contributed by atoms with van der Waals surface area (Å²) in [4.78, 5) is 28.7. The maximum Gasteiger partial charge on any atom is 0.437 e. The lowest BCUT2D eigenvalue weighted by Crippen LogP contribution is -2.20. The van der Waals surface area contributed by atoms with Crippen LogP contribution in [0.1, 0.15) is 43.4 Å². The van der Waals surface area contributed by atoms with E-state index in [9.17, 15) is 27.2 Å². The van der Waals surface area contributed by atoms with Gasteiger partial charge in [0.2, 0.25) is 5.91 Å². The number of nitrogens with two attached hydrogens (primary N) is 1. The molecule has 0 saturated carbocycles. The number of nitrogens with zero attached hydrogens (tertiary/aromatic N) is 4. The molecule has 4 rings (SSSR count). The molecule has 4 aromatic rings. The highest BCUT2D eigenvalue weighted by Gasteiger charge is 2.39. The quantitative estimate of drug-likeness (QED) is 0.401. The van der Waals surface area contributed by atoms with Gasteiger partial charge in [0, 0.05) is 5.39 Å². The summed E-state index contributed by atoms with van der Waals surface area (Å²) in [6, 6.07) is 12.9. The molecule has 2 aromatic heterocycles. The van der Waals surface area contributed by atoms with E-state index in [0.29, 0.717) is 11.1 Å².